The summed E-state index contributed by atoms with van der Waals surface area (Å²) < 4.78 is 4.80. The molecule has 27 heavy (non-hydrogen) atoms. The van der Waals surface area contributed by atoms with Crippen LogP contribution in [0.2, 0.25) is 0 Å². The van der Waals surface area contributed by atoms with Gasteiger partial charge in [0.1, 0.15) is 17.2 Å². The van der Waals surface area contributed by atoms with Crippen LogP contribution in [0.3, 0.4) is 0 Å². The van der Waals surface area contributed by atoms with Crippen LogP contribution in [0.1, 0.15) is 40.7 Å². The summed E-state index contributed by atoms with van der Waals surface area (Å²) in [5.41, 5.74) is 2.70. The minimum Gasteiger partial charge on any atom is -0.497 e. The fourth-order valence-electron chi connectivity index (χ4n) is 3.83. The third-order valence-electron chi connectivity index (χ3n) is 5.17. The molecule has 2 aliphatic heterocycles. The number of carbonyl (C=O) groups excluding carboxylic acids is 2. The number of hydrogen-bond donors (Lipinski definition) is 1. The van der Waals surface area contributed by atoms with Crippen LogP contribution in [0.5, 0.6) is 5.75 Å². The summed E-state index contributed by atoms with van der Waals surface area (Å²) >= 11 is 1.68. The van der Waals surface area contributed by atoms with E-state index in [2.05, 4.69) is 5.32 Å². The number of thioether (sulfide) groups is 1. The van der Waals surface area contributed by atoms with E-state index in [1.807, 2.05) is 62.4 Å². The molecule has 4 rings (SSSR count). The molecule has 2 aromatic carbocycles. The van der Waals surface area contributed by atoms with Gasteiger partial charge in [0, 0.05) is 16.9 Å². The molecule has 0 radical (unpaired) electrons. The van der Waals surface area contributed by atoms with Crippen molar-refractivity contribution in [1.29, 1.82) is 0 Å². The number of benzene rings is 2. The quantitative estimate of drug-likeness (QED) is 0.881. The number of methoxy groups -OCH3 is 1. The Hall–Kier alpha value is -2.47. The molecule has 6 heteroatoms. The number of carbonyl (C=O) groups is 2. The molecular weight excluding hydrogens is 360 g/mol. The molecule has 0 aliphatic carbocycles. The molecule has 2 amide bonds. The molecule has 2 heterocycles. The van der Waals surface area contributed by atoms with Gasteiger partial charge in [-0.05, 0) is 43.2 Å². The molecule has 2 aromatic rings. The number of nitrogens with zero attached hydrogens (tertiary/aromatic N) is 1. The van der Waals surface area contributed by atoms with Gasteiger partial charge < -0.3 is 15.0 Å². The van der Waals surface area contributed by atoms with Gasteiger partial charge in [0.2, 0.25) is 5.91 Å². The number of hydrogen-bond acceptors (Lipinski definition) is 4. The summed E-state index contributed by atoms with van der Waals surface area (Å²) in [6.07, 6.45) is 0. The van der Waals surface area contributed by atoms with Gasteiger partial charge in [0.15, 0.2) is 0 Å². The Balaban J connectivity index is 1.53. The first-order valence-electron chi connectivity index (χ1n) is 8.92. The zero-order valence-electron chi connectivity index (χ0n) is 15.6. The molecular formula is C21H22N2O3S. The SMILES string of the molecule is COc1ccc(CNC(=O)[C@H]2N3C(=O)c4ccccc4[C@H]3SC2(C)C)cc1. The minimum absolute atomic E-state index is 0.0572. The number of amides is 2. The lowest BCUT2D eigenvalue weighted by atomic mass is 10.0. The van der Waals surface area contributed by atoms with Crippen molar-refractivity contribution in [3.63, 3.8) is 0 Å². The molecule has 0 aromatic heterocycles. The van der Waals surface area contributed by atoms with E-state index in [0.29, 0.717) is 12.1 Å². The smallest absolute Gasteiger partial charge is 0.256 e. The fraction of sp³-hybridized carbons (Fsp3) is 0.333. The largest absolute Gasteiger partial charge is 0.497 e. The van der Waals surface area contributed by atoms with Gasteiger partial charge in [-0.1, -0.05) is 30.3 Å². The van der Waals surface area contributed by atoms with Gasteiger partial charge in [-0.15, -0.1) is 11.8 Å². The van der Waals surface area contributed by atoms with E-state index in [1.165, 1.54) is 0 Å². The summed E-state index contributed by atoms with van der Waals surface area (Å²) in [7, 11) is 1.62. The van der Waals surface area contributed by atoms with E-state index < -0.39 is 6.04 Å². The topological polar surface area (TPSA) is 58.6 Å². The summed E-state index contributed by atoms with van der Waals surface area (Å²) in [6, 6.07) is 14.7. The second-order valence-electron chi connectivity index (χ2n) is 7.34. The molecule has 1 fully saturated rings. The van der Waals surface area contributed by atoms with E-state index in [0.717, 1.165) is 16.9 Å². The van der Waals surface area contributed by atoms with Crippen molar-refractivity contribution in [2.45, 2.75) is 36.6 Å². The van der Waals surface area contributed by atoms with Crippen molar-refractivity contribution in [2.75, 3.05) is 7.11 Å². The van der Waals surface area contributed by atoms with Crippen LogP contribution >= 0.6 is 11.8 Å². The normalized spacial score (nSPS) is 22.3. The van der Waals surface area contributed by atoms with Crippen LogP contribution in [-0.2, 0) is 11.3 Å². The summed E-state index contributed by atoms with van der Waals surface area (Å²) in [4.78, 5) is 27.7. The van der Waals surface area contributed by atoms with Gasteiger partial charge in [-0.3, -0.25) is 9.59 Å². The van der Waals surface area contributed by atoms with Gasteiger partial charge >= 0.3 is 0 Å². The lowest BCUT2D eigenvalue weighted by molar-refractivity contribution is -0.126. The maximum Gasteiger partial charge on any atom is 0.256 e. The van der Waals surface area contributed by atoms with Crippen LogP contribution in [0, 0.1) is 0 Å². The molecule has 0 bridgehead atoms. The Labute approximate surface area is 163 Å². The second-order valence-corrected chi connectivity index (χ2v) is 9.08. The highest BCUT2D eigenvalue weighted by molar-refractivity contribution is 8.01. The molecule has 140 valence electrons. The van der Waals surface area contributed by atoms with Gasteiger partial charge in [-0.2, -0.15) is 0 Å². The highest BCUT2D eigenvalue weighted by atomic mass is 32.2. The second kappa shape index (κ2) is 6.60. The van der Waals surface area contributed by atoms with E-state index >= 15 is 0 Å². The van der Waals surface area contributed by atoms with Crippen LogP contribution in [0.25, 0.3) is 0 Å². The molecule has 5 nitrogen and oxygen atoms in total. The first-order valence-corrected chi connectivity index (χ1v) is 9.80. The standard InChI is InChI=1S/C21H22N2O3S/c1-21(2)17(18(24)22-12-13-8-10-14(26-3)11-9-13)23-19(25)15-6-4-5-7-16(15)20(23)27-21/h4-11,17,20H,12H2,1-3H3,(H,22,24)/t17-,20-/m1/s1. The summed E-state index contributed by atoms with van der Waals surface area (Å²) in [5, 5.41) is 2.91. The predicted octanol–water partition coefficient (Wildman–Crippen LogP) is 3.36. The van der Waals surface area contributed by atoms with Crippen molar-refractivity contribution in [3.05, 3.63) is 65.2 Å². The van der Waals surface area contributed by atoms with Gasteiger partial charge in [0.05, 0.1) is 7.11 Å². The maximum atomic E-state index is 13.1. The number of rotatable bonds is 4. The van der Waals surface area contributed by atoms with E-state index in [1.54, 1.807) is 23.8 Å². The lowest BCUT2D eigenvalue weighted by Gasteiger charge is -2.29. The van der Waals surface area contributed by atoms with E-state index in [9.17, 15) is 9.59 Å². The predicted molar refractivity (Wildman–Crippen MR) is 106 cm³/mol. The van der Waals surface area contributed by atoms with Crippen LogP contribution in [0.4, 0.5) is 0 Å². The van der Waals surface area contributed by atoms with Crippen LogP contribution < -0.4 is 10.1 Å². The number of fused-ring (bicyclic) bond motifs is 3. The van der Waals surface area contributed by atoms with Crippen molar-refractivity contribution in [2.24, 2.45) is 0 Å². The highest BCUT2D eigenvalue weighted by Crippen LogP contribution is 2.56. The fourth-order valence-corrected chi connectivity index (χ4v) is 5.42. The Morgan fingerprint density at radius 1 is 1.19 bits per heavy atom. The Kier molecular flexibility index (Phi) is 4.38. The van der Waals surface area contributed by atoms with Crippen molar-refractivity contribution < 1.29 is 14.3 Å². The average molecular weight is 382 g/mol. The Bertz CT molecular complexity index is 895. The molecule has 0 unspecified atom stereocenters. The van der Waals surface area contributed by atoms with E-state index in [4.69, 9.17) is 4.74 Å². The molecule has 1 N–H and O–H groups in total. The lowest BCUT2D eigenvalue weighted by Crippen LogP contribution is -2.52. The first-order chi connectivity index (χ1) is 12.9. The summed E-state index contributed by atoms with van der Waals surface area (Å²) in [5.74, 6) is 0.604. The minimum atomic E-state index is -0.509. The summed E-state index contributed by atoms with van der Waals surface area (Å²) in [6.45, 7) is 4.48. The van der Waals surface area contributed by atoms with Crippen molar-refractivity contribution >= 4 is 23.6 Å². The molecule has 0 saturated carbocycles. The monoisotopic (exact) mass is 382 g/mol. The number of nitrogens with one attached hydrogen (secondary N) is 1. The van der Waals surface area contributed by atoms with Crippen molar-refractivity contribution in [3.8, 4) is 5.75 Å². The molecule has 2 aliphatic rings. The van der Waals surface area contributed by atoms with Crippen LogP contribution in [0.15, 0.2) is 48.5 Å². The van der Waals surface area contributed by atoms with Gasteiger partial charge in [-0.25, -0.2) is 0 Å². The Morgan fingerprint density at radius 3 is 2.59 bits per heavy atom. The Morgan fingerprint density at radius 2 is 1.89 bits per heavy atom. The zero-order valence-corrected chi connectivity index (χ0v) is 16.4. The first kappa shape index (κ1) is 17.9. The van der Waals surface area contributed by atoms with Gasteiger partial charge in [0.25, 0.3) is 5.91 Å². The molecule has 0 spiro atoms. The van der Waals surface area contributed by atoms with Crippen molar-refractivity contribution in [1.82, 2.24) is 10.2 Å². The zero-order chi connectivity index (χ0) is 19.2. The molecule has 1 saturated heterocycles. The average Bonchev–Trinajstić information content (AvgIpc) is 3.10. The maximum absolute atomic E-state index is 13.1. The number of ether oxygens (including phenoxy) is 1. The highest BCUT2D eigenvalue weighted by Gasteiger charge is 2.57. The van der Waals surface area contributed by atoms with Crippen LogP contribution in [-0.4, -0.2) is 34.6 Å². The third-order valence-corrected chi connectivity index (χ3v) is 6.71. The third kappa shape index (κ3) is 2.98. The van der Waals surface area contributed by atoms with E-state index in [-0.39, 0.29) is 21.9 Å². The molecule has 2 atom stereocenters.